The van der Waals surface area contributed by atoms with Crippen molar-refractivity contribution < 1.29 is 19.0 Å². The molecule has 7 heteroatoms. The van der Waals surface area contributed by atoms with Crippen LogP contribution < -0.4 is 19.5 Å². The van der Waals surface area contributed by atoms with E-state index < -0.39 is 0 Å². The fourth-order valence-electron chi connectivity index (χ4n) is 4.21. The molecule has 0 aliphatic carbocycles. The van der Waals surface area contributed by atoms with Crippen molar-refractivity contribution in [3.05, 3.63) is 65.5 Å². The van der Waals surface area contributed by atoms with Crippen molar-refractivity contribution in [3.63, 3.8) is 0 Å². The summed E-state index contributed by atoms with van der Waals surface area (Å²) in [6.45, 7) is 3.79. The van der Waals surface area contributed by atoms with Crippen LogP contribution >= 0.6 is 11.3 Å². The van der Waals surface area contributed by atoms with E-state index in [-0.39, 0.29) is 18.6 Å². The summed E-state index contributed by atoms with van der Waals surface area (Å²) in [6, 6.07) is 18.0. The zero-order valence-electron chi connectivity index (χ0n) is 18.5. The van der Waals surface area contributed by atoms with Gasteiger partial charge in [-0.2, -0.15) is 0 Å². The first-order valence-electron chi connectivity index (χ1n) is 11.4. The lowest BCUT2D eigenvalue weighted by Crippen LogP contribution is -2.42. The molecule has 1 amide bonds. The predicted molar refractivity (Wildman–Crippen MR) is 129 cm³/mol. The van der Waals surface area contributed by atoms with Crippen molar-refractivity contribution >= 4 is 17.2 Å². The maximum atomic E-state index is 12.5. The van der Waals surface area contributed by atoms with Gasteiger partial charge in [-0.3, -0.25) is 9.69 Å². The normalized spacial score (nSPS) is 17.6. The summed E-state index contributed by atoms with van der Waals surface area (Å²) in [6.07, 6.45) is 2.25. The second-order valence-electron chi connectivity index (χ2n) is 8.37. The molecule has 6 nitrogen and oxygen atoms in total. The largest absolute Gasteiger partial charge is 0.486 e. The van der Waals surface area contributed by atoms with Crippen molar-refractivity contribution in [2.45, 2.75) is 25.5 Å². The molecule has 3 aromatic rings. The summed E-state index contributed by atoms with van der Waals surface area (Å²) in [4.78, 5) is 16.2. The number of rotatable bonds is 8. The van der Waals surface area contributed by atoms with Gasteiger partial charge in [-0.25, -0.2) is 0 Å². The number of carbonyl (C=O) groups is 1. The number of likely N-dealkylation sites (tertiary alicyclic amines) is 1. The van der Waals surface area contributed by atoms with Crippen LogP contribution in [0.15, 0.2) is 60.0 Å². The molecule has 1 unspecified atom stereocenters. The summed E-state index contributed by atoms with van der Waals surface area (Å²) in [7, 11) is 0. The molecule has 33 heavy (non-hydrogen) atoms. The Kier molecular flexibility index (Phi) is 6.79. The third kappa shape index (κ3) is 5.49. The van der Waals surface area contributed by atoms with Gasteiger partial charge in [-0.05, 0) is 73.3 Å². The number of para-hydroxylation sites is 2. The first-order valence-corrected chi connectivity index (χ1v) is 12.3. The lowest BCUT2D eigenvalue weighted by molar-refractivity contribution is -0.123. The Morgan fingerprint density at radius 1 is 1.09 bits per heavy atom. The summed E-state index contributed by atoms with van der Waals surface area (Å²) in [5.74, 6) is 2.03. The van der Waals surface area contributed by atoms with Crippen LogP contribution in [0.25, 0.3) is 10.4 Å². The Morgan fingerprint density at radius 2 is 1.94 bits per heavy atom. The molecule has 1 N–H and O–H groups in total. The molecule has 0 radical (unpaired) electrons. The first kappa shape index (κ1) is 21.8. The minimum absolute atomic E-state index is 0.0322. The van der Waals surface area contributed by atoms with Gasteiger partial charge in [-0.1, -0.05) is 18.2 Å². The Balaban J connectivity index is 1.18. The molecule has 3 heterocycles. The van der Waals surface area contributed by atoms with E-state index in [9.17, 15) is 4.79 Å². The first-order chi connectivity index (χ1) is 16.2. The molecule has 1 saturated heterocycles. The van der Waals surface area contributed by atoms with Crippen molar-refractivity contribution in [3.8, 4) is 27.7 Å². The van der Waals surface area contributed by atoms with Crippen LogP contribution in [0, 0.1) is 0 Å². The number of fused-ring (bicyclic) bond motifs is 1. The number of amides is 1. The number of nitrogens with zero attached hydrogens (tertiary/aromatic N) is 1. The van der Waals surface area contributed by atoms with Crippen LogP contribution in [0.2, 0.25) is 0 Å². The molecule has 5 rings (SSSR count). The van der Waals surface area contributed by atoms with Crippen LogP contribution in [-0.2, 0) is 11.3 Å². The van der Waals surface area contributed by atoms with Gasteiger partial charge in [0.2, 0.25) is 0 Å². The number of hydrogen-bond donors (Lipinski definition) is 1. The summed E-state index contributed by atoms with van der Waals surface area (Å²) in [5, 5.41) is 4.99. The van der Waals surface area contributed by atoms with Gasteiger partial charge in [0.15, 0.2) is 18.1 Å². The molecule has 2 aliphatic rings. The lowest BCUT2D eigenvalue weighted by atomic mass is 10.1. The Hall–Kier alpha value is -3.03. The van der Waals surface area contributed by atoms with Crippen molar-refractivity contribution in [2.24, 2.45) is 0 Å². The van der Waals surface area contributed by atoms with E-state index in [0.717, 1.165) is 36.7 Å². The van der Waals surface area contributed by atoms with Gasteiger partial charge in [-0.15, -0.1) is 11.3 Å². The summed E-state index contributed by atoms with van der Waals surface area (Å²) in [5.41, 5.74) is 2.31. The highest BCUT2D eigenvalue weighted by Crippen LogP contribution is 2.32. The fraction of sp³-hybridized carbons (Fsp3) is 0.346. The van der Waals surface area contributed by atoms with Crippen LogP contribution in [0.3, 0.4) is 0 Å². The minimum Gasteiger partial charge on any atom is -0.486 e. The highest BCUT2D eigenvalue weighted by molar-refractivity contribution is 7.13. The summed E-state index contributed by atoms with van der Waals surface area (Å²) >= 11 is 1.73. The number of carbonyl (C=O) groups excluding carboxylic acids is 1. The minimum atomic E-state index is -0.223. The van der Waals surface area contributed by atoms with Gasteiger partial charge in [0.05, 0.1) is 6.54 Å². The number of hydrogen-bond acceptors (Lipinski definition) is 6. The van der Waals surface area contributed by atoms with Crippen molar-refractivity contribution in [1.29, 1.82) is 0 Å². The lowest BCUT2D eigenvalue weighted by Gasteiger charge is -2.26. The van der Waals surface area contributed by atoms with Gasteiger partial charge in [0, 0.05) is 17.0 Å². The maximum absolute atomic E-state index is 12.5. The van der Waals surface area contributed by atoms with E-state index in [4.69, 9.17) is 14.2 Å². The van der Waals surface area contributed by atoms with Crippen LogP contribution in [-0.4, -0.2) is 49.8 Å². The molecule has 2 aliphatic heterocycles. The third-order valence-electron chi connectivity index (χ3n) is 5.91. The number of thiophene rings is 1. The standard InChI is InChI=1S/C26H28N2O4S/c29-26(27-15-21-17-30-23-6-1-2-7-24(23)32-21)18-31-22-10-9-19(25-8-5-13-33-25)14-20(22)16-28-11-3-4-12-28/h1-2,5-10,13-14,21H,3-4,11-12,15-18H2,(H,27,29). The molecular weight excluding hydrogens is 436 g/mol. The Labute approximate surface area is 198 Å². The molecule has 0 spiro atoms. The molecule has 1 aromatic heterocycles. The van der Waals surface area contributed by atoms with E-state index in [1.807, 2.05) is 30.3 Å². The second kappa shape index (κ2) is 10.3. The van der Waals surface area contributed by atoms with Crippen LogP contribution in [0.1, 0.15) is 18.4 Å². The zero-order chi connectivity index (χ0) is 22.5. The number of benzene rings is 2. The molecule has 1 atom stereocenters. The second-order valence-corrected chi connectivity index (χ2v) is 9.32. The summed E-state index contributed by atoms with van der Waals surface area (Å²) < 4.78 is 17.6. The quantitative estimate of drug-likeness (QED) is 0.537. The van der Waals surface area contributed by atoms with Crippen LogP contribution in [0.4, 0.5) is 0 Å². The smallest absolute Gasteiger partial charge is 0.258 e. The molecular formula is C26H28N2O4S. The van der Waals surface area contributed by atoms with Gasteiger partial charge < -0.3 is 19.5 Å². The SMILES string of the molecule is O=C(COc1ccc(-c2cccs2)cc1CN1CCCC1)NCC1COc2ccccc2O1. The number of nitrogens with one attached hydrogen (secondary N) is 1. The van der Waals surface area contributed by atoms with Gasteiger partial charge >= 0.3 is 0 Å². The maximum Gasteiger partial charge on any atom is 0.258 e. The van der Waals surface area contributed by atoms with E-state index in [1.165, 1.54) is 23.3 Å². The Bertz CT molecular complexity index is 1080. The third-order valence-corrected chi connectivity index (χ3v) is 6.83. The molecule has 172 valence electrons. The number of ether oxygens (including phenoxy) is 3. The molecule has 2 aromatic carbocycles. The fourth-order valence-corrected chi connectivity index (χ4v) is 4.93. The predicted octanol–water partition coefficient (Wildman–Crippen LogP) is 4.35. The van der Waals surface area contributed by atoms with E-state index >= 15 is 0 Å². The van der Waals surface area contributed by atoms with Crippen LogP contribution in [0.5, 0.6) is 17.2 Å². The highest BCUT2D eigenvalue weighted by Gasteiger charge is 2.21. The monoisotopic (exact) mass is 464 g/mol. The average molecular weight is 465 g/mol. The molecule has 0 bridgehead atoms. The molecule has 0 saturated carbocycles. The van der Waals surface area contributed by atoms with Gasteiger partial charge in [0.1, 0.15) is 18.5 Å². The van der Waals surface area contributed by atoms with E-state index in [2.05, 4.69) is 39.9 Å². The Morgan fingerprint density at radius 3 is 2.76 bits per heavy atom. The molecule has 1 fully saturated rings. The van der Waals surface area contributed by atoms with Crippen molar-refractivity contribution in [2.75, 3.05) is 32.8 Å². The topological polar surface area (TPSA) is 60.0 Å². The van der Waals surface area contributed by atoms with E-state index in [0.29, 0.717) is 18.9 Å². The van der Waals surface area contributed by atoms with Crippen molar-refractivity contribution in [1.82, 2.24) is 10.2 Å². The van der Waals surface area contributed by atoms with Gasteiger partial charge in [0.25, 0.3) is 5.91 Å². The van der Waals surface area contributed by atoms with E-state index in [1.54, 1.807) is 11.3 Å². The highest BCUT2D eigenvalue weighted by atomic mass is 32.1. The average Bonchev–Trinajstić information content (AvgIpc) is 3.56. The zero-order valence-corrected chi connectivity index (χ0v) is 19.3.